The Bertz CT molecular complexity index is 524. The molecule has 2 amide bonds. The zero-order chi connectivity index (χ0) is 15.1. The predicted octanol–water partition coefficient (Wildman–Crippen LogP) is 4.02. The van der Waals surface area contributed by atoms with E-state index < -0.39 is 0 Å². The zero-order valence-corrected chi connectivity index (χ0v) is 12.9. The van der Waals surface area contributed by atoms with Gasteiger partial charge in [0, 0.05) is 12.2 Å². The van der Waals surface area contributed by atoms with Gasteiger partial charge in [0.05, 0.1) is 7.11 Å². The molecule has 1 aliphatic rings. The average Bonchev–Trinajstić information content (AvgIpc) is 2.48. The molecule has 114 valence electrons. The van der Waals surface area contributed by atoms with Crippen LogP contribution in [0.15, 0.2) is 29.8 Å². The van der Waals surface area contributed by atoms with Gasteiger partial charge in [0.1, 0.15) is 5.75 Å². The summed E-state index contributed by atoms with van der Waals surface area (Å²) in [6.07, 6.45) is 8.22. The van der Waals surface area contributed by atoms with E-state index in [1.165, 1.54) is 31.3 Å². The summed E-state index contributed by atoms with van der Waals surface area (Å²) in [5.41, 5.74) is 3.26. The van der Waals surface area contributed by atoms with Gasteiger partial charge in [-0.05, 0) is 62.8 Å². The third-order valence-electron chi connectivity index (χ3n) is 3.77. The van der Waals surface area contributed by atoms with Gasteiger partial charge in [-0.25, -0.2) is 4.79 Å². The van der Waals surface area contributed by atoms with Crippen molar-refractivity contribution in [2.75, 3.05) is 19.0 Å². The van der Waals surface area contributed by atoms with Crippen molar-refractivity contribution in [1.82, 2.24) is 5.32 Å². The second-order valence-electron chi connectivity index (χ2n) is 5.42. The summed E-state index contributed by atoms with van der Waals surface area (Å²) < 4.78 is 5.20. The summed E-state index contributed by atoms with van der Waals surface area (Å²) in [4.78, 5) is 11.8. The molecule has 1 aromatic rings. The standard InChI is InChI=1S/C17H24N2O2/c1-13-12-15(8-9-16(13)21-2)19-17(20)18-11-10-14-6-4-3-5-7-14/h6,8-9,12H,3-5,7,10-11H2,1-2H3,(H2,18,19,20). The molecule has 0 radical (unpaired) electrons. The van der Waals surface area contributed by atoms with Gasteiger partial charge in [0.25, 0.3) is 0 Å². The molecular weight excluding hydrogens is 264 g/mol. The number of nitrogens with one attached hydrogen (secondary N) is 2. The monoisotopic (exact) mass is 288 g/mol. The van der Waals surface area contributed by atoms with Gasteiger partial charge in [-0.2, -0.15) is 0 Å². The molecule has 0 fully saturated rings. The topological polar surface area (TPSA) is 50.4 Å². The summed E-state index contributed by atoms with van der Waals surface area (Å²) >= 11 is 0. The smallest absolute Gasteiger partial charge is 0.319 e. The molecule has 4 heteroatoms. The number of urea groups is 1. The van der Waals surface area contributed by atoms with Crippen LogP contribution in [-0.4, -0.2) is 19.7 Å². The first-order valence-corrected chi connectivity index (χ1v) is 7.56. The van der Waals surface area contributed by atoms with Crippen LogP contribution in [0.2, 0.25) is 0 Å². The first-order valence-electron chi connectivity index (χ1n) is 7.56. The molecule has 2 N–H and O–H groups in total. The van der Waals surface area contributed by atoms with Crippen molar-refractivity contribution in [3.05, 3.63) is 35.4 Å². The van der Waals surface area contributed by atoms with E-state index in [0.29, 0.717) is 6.54 Å². The first-order chi connectivity index (χ1) is 10.2. The third kappa shape index (κ3) is 4.81. The fraction of sp³-hybridized carbons (Fsp3) is 0.471. The number of allylic oxidation sites excluding steroid dienone is 1. The van der Waals surface area contributed by atoms with Gasteiger partial charge < -0.3 is 15.4 Å². The van der Waals surface area contributed by atoms with Gasteiger partial charge >= 0.3 is 6.03 Å². The first kappa shape index (κ1) is 15.4. The van der Waals surface area contributed by atoms with Crippen LogP contribution in [-0.2, 0) is 0 Å². The van der Waals surface area contributed by atoms with E-state index >= 15 is 0 Å². The number of rotatable bonds is 5. The quantitative estimate of drug-likeness (QED) is 0.804. The molecule has 0 aromatic heterocycles. The maximum Gasteiger partial charge on any atom is 0.319 e. The van der Waals surface area contributed by atoms with Gasteiger partial charge in [-0.15, -0.1) is 0 Å². The largest absolute Gasteiger partial charge is 0.496 e. The Morgan fingerprint density at radius 1 is 1.33 bits per heavy atom. The Hall–Kier alpha value is -1.97. The van der Waals surface area contributed by atoms with Crippen LogP contribution in [0.25, 0.3) is 0 Å². The molecule has 0 saturated heterocycles. The van der Waals surface area contributed by atoms with Crippen molar-refractivity contribution in [3.8, 4) is 5.75 Å². The Labute approximate surface area is 126 Å². The van der Waals surface area contributed by atoms with Crippen molar-refractivity contribution < 1.29 is 9.53 Å². The van der Waals surface area contributed by atoms with Crippen molar-refractivity contribution in [3.63, 3.8) is 0 Å². The van der Waals surface area contributed by atoms with Crippen molar-refractivity contribution in [2.45, 2.75) is 39.0 Å². The molecule has 0 atom stereocenters. The minimum Gasteiger partial charge on any atom is -0.496 e. The molecule has 0 saturated carbocycles. The molecule has 1 aromatic carbocycles. The zero-order valence-electron chi connectivity index (χ0n) is 12.9. The summed E-state index contributed by atoms with van der Waals surface area (Å²) in [7, 11) is 1.64. The van der Waals surface area contributed by atoms with Crippen molar-refractivity contribution in [2.24, 2.45) is 0 Å². The number of amides is 2. The highest BCUT2D eigenvalue weighted by Crippen LogP contribution is 2.21. The van der Waals surface area contributed by atoms with E-state index in [0.717, 1.165) is 23.4 Å². The van der Waals surface area contributed by atoms with E-state index in [1.54, 1.807) is 7.11 Å². The number of carbonyl (C=O) groups excluding carboxylic acids is 1. The number of benzene rings is 1. The molecule has 0 heterocycles. The number of ether oxygens (including phenoxy) is 1. The molecule has 0 aliphatic heterocycles. The highest BCUT2D eigenvalue weighted by Gasteiger charge is 2.06. The van der Waals surface area contributed by atoms with Crippen molar-refractivity contribution >= 4 is 11.7 Å². The summed E-state index contributed by atoms with van der Waals surface area (Å²) in [5, 5.41) is 5.75. The van der Waals surface area contributed by atoms with E-state index in [-0.39, 0.29) is 6.03 Å². The lowest BCUT2D eigenvalue weighted by Crippen LogP contribution is -2.29. The van der Waals surface area contributed by atoms with E-state index in [1.807, 2.05) is 25.1 Å². The Balaban J connectivity index is 1.76. The minimum atomic E-state index is -0.157. The summed E-state index contributed by atoms with van der Waals surface area (Å²) in [5.74, 6) is 0.824. The number of carbonyl (C=O) groups is 1. The minimum absolute atomic E-state index is 0.157. The highest BCUT2D eigenvalue weighted by atomic mass is 16.5. The predicted molar refractivity (Wildman–Crippen MR) is 85.9 cm³/mol. The van der Waals surface area contributed by atoms with Crippen LogP contribution in [0, 0.1) is 6.92 Å². The number of aryl methyl sites for hydroxylation is 1. The van der Waals surface area contributed by atoms with Crippen molar-refractivity contribution in [1.29, 1.82) is 0 Å². The lowest BCUT2D eigenvalue weighted by Gasteiger charge is -2.13. The van der Waals surface area contributed by atoms with Gasteiger partial charge in [-0.1, -0.05) is 11.6 Å². The second kappa shape index (κ2) is 7.72. The van der Waals surface area contributed by atoms with Crippen LogP contribution in [0.3, 0.4) is 0 Å². The fourth-order valence-corrected chi connectivity index (χ4v) is 2.60. The molecule has 0 unspecified atom stereocenters. The number of hydrogen-bond donors (Lipinski definition) is 2. The molecule has 21 heavy (non-hydrogen) atoms. The van der Waals surface area contributed by atoms with Gasteiger partial charge in [0.15, 0.2) is 0 Å². The summed E-state index contributed by atoms with van der Waals surface area (Å²) in [6.45, 7) is 2.64. The molecule has 1 aliphatic carbocycles. The SMILES string of the molecule is COc1ccc(NC(=O)NCCC2=CCCCC2)cc1C. The maximum atomic E-state index is 11.8. The van der Waals surface area contributed by atoms with Crippen LogP contribution in [0.5, 0.6) is 5.75 Å². The number of hydrogen-bond acceptors (Lipinski definition) is 2. The third-order valence-corrected chi connectivity index (χ3v) is 3.77. The Kier molecular flexibility index (Phi) is 5.67. The number of methoxy groups -OCH3 is 1. The molecule has 0 bridgehead atoms. The van der Waals surface area contributed by atoms with E-state index in [4.69, 9.17) is 4.74 Å². The lowest BCUT2D eigenvalue weighted by molar-refractivity contribution is 0.252. The molecule has 4 nitrogen and oxygen atoms in total. The average molecular weight is 288 g/mol. The number of anilines is 1. The Morgan fingerprint density at radius 3 is 2.86 bits per heavy atom. The Morgan fingerprint density at radius 2 is 2.19 bits per heavy atom. The second-order valence-corrected chi connectivity index (χ2v) is 5.42. The fourth-order valence-electron chi connectivity index (χ4n) is 2.60. The van der Waals surface area contributed by atoms with Gasteiger partial charge in [-0.3, -0.25) is 0 Å². The highest BCUT2D eigenvalue weighted by molar-refractivity contribution is 5.89. The molecular formula is C17H24N2O2. The summed E-state index contributed by atoms with van der Waals surface area (Å²) in [6, 6.07) is 5.45. The van der Waals surface area contributed by atoms with Gasteiger partial charge in [0.2, 0.25) is 0 Å². The van der Waals surface area contributed by atoms with Crippen LogP contribution in [0.1, 0.15) is 37.7 Å². The van der Waals surface area contributed by atoms with Crippen LogP contribution >= 0.6 is 0 Å². The lowest BCUT2D eigenvalue weighted by atomic mass is 9.97. The maximum absolute atomic E-state index is 11.8. The molecule has 0 spiro atoms. The van der Waals surface area contributed by atoms with Crippen LogP contribution in [0.4, 0.5) is 10.5 Å². The molecule has 2 rings (SSSR count). The normalized spacial score (nSPS) is 14.3. The van der Waals surface area contributed by atoms with E-state index in [9.17, 15) is 4.79 Å². The van der Waals surface area contributed by atoms with E-state index in [2.05, 4.69) is 16.7 Å². The van der Waals surface area contributed by atoms with Crippen LogP contribution < -0.4 is 15.4 Å².